The first kappa shape index (κ1) is 13.0. The van der Waals surface area contributed by atoms with Crippen LogP contribution in [0.25, 0.3) is 0 Å². The van der Waals surface area contributed by atoms with Gasteiger partial charge in [0, 0.05) is 11.3 Å². The Morgan fingerprint density at radius 1 is 1.16 bits per heavy atom. The summed E-state index contributed by atoms with van der Waals surface area (Å²) >= 11 is 0. The number of amides is 1. The van der Waals surface area contributed by atoms with Gasteiger partial charge in [0.15, 0.2) is 0 Å². The molecule has 0 bridgehead atoms. The van der Waals surface area contributed by atoms with Crippen LogP contribution < -0.4 is 5.32 Å². The molecule has 0 spiro atoms. The minimum Gasteiger partial charge on any atom is -0.507 e. The number of rotatable bonds is 3. The van der Waals surface area contributed by atoms with Gasteiger partial charge in [0.2, 0.25) is 0 Å². The van der Waals surface area contributed by atoms with Gasteiger partial charge in [-0.15, -0.1) is 0 Å². The third kappa shape index (κ3) is 2.71. The quantitative estimate of drug-likeness (QED) is 0.793. The number of para-hydroxylation sites is 1. The van der Waals surface area contributed by atoms with E-state index in [0.717, 1.165) is 6.07 Å². The van der Waals surface area contributed by atoms with Crippen molar-refractivity contribution in [3.63, 3.8) is 0 Å². The van der Waals surface area contributed by atoms with Gasteiger partial charge in [-0.1, -0.05) is 24.3 Å². The Morgan fingerprint density at radius 2 is 1.89 bits per heavy atom. The number of hydrogen-bond acceptors (Lipinski definition) is 3. The smallest absolute Gasteiger partial charge is 0.262 e. The fourth-order valence-corrected chi connectivity index (χ4v) is 1.70. The molecule has 98 valence electrons. The molecule has 19 heavy (non-hydrogen) atoms. The summed E-state index contributed by atoms with van der Waals surface area (Å²) in [6, 6.07) is 10.2. The summed E-state index contributed by atoms with van der Waals surface area (Å²) in [6.07, 6.45) is 0. The van der Waals surface area contributed by atoms with Crippen LogP contribution in [-0.4, -0.2) is 16.1 Å². The van der Waals surface area contributed by atoms with Crippen molar-refractivity contribution in [2.75, 3.05) is 5.32 Å². The normalized spacial score (nSPS) is 10.2. The molecular formula is C14H12FNO3. The molecule has 0 aromatic heterocycles. The maximum absolute atomic E-state index is 13.5. The topological polar surface area (TPSA) is 69.6 Å². The molecule has 0 aliphatic rings. The van der Waals surface area contributed by atoms with Gasteiger partial charge < -0.3 is 15.5 Å². The van der Waals surface area contributed by atoms with Gasteiger partial charge >= 0.3 is 0 Å². The number of hydrogen-bond donors (Lipinski definition) is 3. The molecule has 1 amide bonds. The number of aliphatic hydroxyl groups excluding tert-OH is 1. The molecule has 0 heterocycles. The summed E-state index contributed by atoms with van der Waals surface area (Å²) in [5.41, 5.74) is 0.458. The summed E-state index contributed by atoms with van der Waals surface area (Å²) in [5.74, 6) is -2.01. The summed E-state index contributed by atoms with van der Waals surface area (Å²) in [6.45, 7) is -0.250. The fourth-order valence-electron chi connectivity index (χ4n) is 1.70. The molecule has 0 fully saturated rings. The first-order chi connectivity index (χ1) is 9.13. The summed E-state index contributed by atoms with van der Waals surface area (Å²) in [5, 5.41) is 21.1. The van der Waals surface area contributed by atoms with Crippen LogP contribution in [0.4, 0.5) is 10.1 Å². The maximum Gasteiger partial charge on any atom is 0.262 e. The van der Waals surface area contributed by atoms with E-state index in [1.54, 1.807) is 24.3 Å². The largest absolute Gasteiger partial charge is 0.507 e. The summed E-state index contributed by atoms with van der Waals surface area (Å²) < 4.78 is 13.5. The highest BCUT2D eigenvalue weighted by molar-refractivity contribution is 6.06. The summed E-state index contributed by atoms with van der Waals surface area (Å²) in [7, 11) is 0. The van der Waals surface area contributed by atoms with E-state index in [1.807, 2.05) is 0 Å². The van der Waals surface area contributed by atoms with Crippen LogP contribution in [0.5, 0.6) is 5.75 Å². The van der Waals surface area contributed by atoms with Crippen molar-refractivity contribution in [1.29, 1.82) is 0 Å². The molecule has 0 aliphatic heterocycles. The van der Waals surface area contributed by atoms with Gasteiger partial charge in [-0.3, -0.25) is 4.79 Å². The molecule has 2 aromatic rings. The van der Waals surface area contributed by atoms with Crippen LogP contribution in [0.2, 0.25) is 0 Å². The fraction of sp³-hybridized carbons (Fsp3) is 0.0714. The average molecular weight is 261 g/mol. The van der Waals surface area contributed by atoms with Gasteiger partial charge in [0.1, 0.15) is 17.1 Å². The lowest BCUT2D eigenvalue weighted by atomic mass is 10.1. The number of aliphatic hydroxyl groups is 1. The SMILES string of the molecule is O=C(Nc1ccccc1CO)c1c(O)cccc1F. The van der Waals surface area contributed by atoms with Gasteiger partial charge in [0.05, 0.1) is 6.61 Å². The minimum atomic E-state index is -0.807. The zero-order valence-corrected chi connectivity index (χ0v) is 9.93. The Hall–Kier alpha value is -2.40. The van der Waals surface area contributed by atoms with E-state index in [2.05, 4.69) is 5.32 Å². The number of phenols is 1. The molecule has 0 atom stereocenters. The number of aromatic hydroxyl groups is 1. The van der Waals surface area contributed by atoms with E-state index in [9.17, 15) is 14.3 Å². The van der Waals surface area contributed by atoms with Crippen molar-refractivity contribution in [3.05, 3.63) is 59.4 Å². The monoisotopic (exact) mass is 261 g/mol. The lowest BCUT2D eigenvalue weighted by molar-refractivity contribution is 0.102. The number of carbonyl (C=O) groups is 1. The first-order valence-electron chi connectivity index (χ1n) is 5.61. The average Bonchev–Trinajstić information content (AvgIpc) is 2.39. The van der Waals surface area contributed by atoms with Crippen molar-refractivity contribution in [2.45, 2.75) is 6.61 Å². The van der Waals surface area contributed by atoms with Gasteiger partial charge in [-0.2, -0.15) is 0 Å². The second-order valence-electron chi connectivity index (χ2n) is 3.90. The Bertz CT molecular complexity index is 593. The van der Waals surface area contributed by atoms with Crippen LogP contribution in [0.1, 0.15) is 15.9 Å². The maximum atomic E-state index is 13.5. The third-order valence-electron chi connectivity index (χ3n) is 2.65. The van der Waals surface area contributed by atoms with Crippen LogP contribution >= 0.6 is 0 Å². The third-order valence-corrected chi connectivity index (χ3v) is 2.65. The second kappa shape index (κ2) is 5.49. The molecule has 0 radical (unpaired) electrons. The molecule has 2 aromatic carbocycles. The summed E-state index contributed by atoms with van der Waals surface area (Å²) in [4.78, 5) is 11.9. The van der Waals surface area contributed by atoms with Gasteiger partial charge in [0.25, 0.3) is 5.91 Å². The van der Waals surface area contributed by atoms with E-state index in [-0.39, 0.29) is 6.61 Å². The lowest BCUT2D eigenvalue weighted by Crippen LogP contribution is -2.15. The number of nitrogens with one attached hydrogen (secondary N) is 1. The van der Waals surface area contributed by atoms with E-state index in [1.165, 1.54) is 12.1 Å². The highest BCUT2D eigenvalue weighted by Crippen LogP contribution is 2.22. The van der Waals surface area contributed by atoms with Crippen molar-refractivity contribution >= 4 is 11.6 Å². The molecule has 0 saturated heterocycles. The molecule has 5 heteroatoms. The van der Waals surface area contributed by atoms with Crippen molar-refractivity contribution in [3.8, 4) is 5.75 Å². The van der Waals surface area contributed by atoms with Crippen molar-refractivity contribution in [2.24, 2.45) is 0 Å². The van der Waals surface area contributed by atoms with E-state index in [0.29, 0.717) is 11.3 Å². The molecule has 4 nitrogen and oxygen atoms in total. The predicted octanol–water partition coefficient (Wildman–Crippen LogP) is 2.28. The van der Waals surface area contributed by atoms with Crippen LogP contribution in [-0.2, 0) is 6.61 Å². The molecule has 0 saturated carbocycles. The van der Waals surface area contributed by atoms with Gasteiger partial charge in [-0.05, 0) is 18.2 Å². The van der Waals surface area contributed by atoms with E-state index >= 15 is 0 Å². The van der Waals surface area contributed by atoms with Crippen molar-refractivity contribution in [1.82, 2.24) is 0 Å². The van der Waals surface area contributed by atoms with E-state index < -0.39 is 23.0 Å². The molecule has 0 aliphatic carbocycles. The number of anilines is 1. The molecular weight excluding hydrogens is 249 g/mol. The highest BCUT2D eigenvalue weighted by atomic mass is 19.1. The molecule has 0 unspecified atom stereocenters. The zero-order chi connectivity index (χ0) is 13.8. The number of phenolic OH excluding ortho intramolecular Hbond substituents is 1. The standard InChI is InChI=1S/C14H12FNO3/c15-10-5-3-7-12(18)13(10)14(19)16-11-6-2-1-4-9(11)8-17/h1-7,17-18H,8H2,(H,16,19). The number of benzene rings is 2. The Labute approximate surface area is 109 Å². The first-order valence-corrected chi connectivity index (χ1v) is 5.61. The highest BCUT2D eigenvalue weighted by Gasteiger charge is 2.17. The zero-order valence-electron chi connectivity index (χ0n) is 9.93. The second-order valence-corrected chi connectivity index (χ2v) is 3.90. The van der Waals surface area contributed by atoms with Crippen LogP contribution in [0.3, 0.4) is 0 Å². The van der Waals surface area contributed by atoms with Crippen LogP contribution in [0, 0.1) is 5.82 Å². The lowest BCUT2D eigenvalue weighted by Gasteiger charge is -2.10. The van der Waals surface area contributed by atoms with Crippen molar-refractivity contribution < 1.29 is 19.4 Å². The Balaban J connectivity index is 2.31. The predicted molar refractivity (Wildman–Crippen MR) is 68.4 cm³/mol. The Morgan fingerprint density at radius 3 is 2.58 bits per heavy atom. The van der Waals surface area contributed by atoms with E-state index in [4.69, 9.17) is 5.11 Å². The number of halogens is 1. The Kier molecular flexibility index (Phi) is 3.77. The number of carbonyl (C=O) groups excluding carboxylic acids is 1. The van der Waals surface area contributed by atoms with Gasteiger partial charge in [-0.25, -0.2) is 4.39 Å². The minimum absolute atomic E-state index is 0.250. The molecule has 2 rings (SSSR count). The molecule has 3 N–H and O–H groups in total. The van der Waals surface area contributed by atoms with Crippen LogP contribution in [0.15, 0.2) is 42.5 Å².